The molecule has 2 atom stereocenters. The van der Waals surface area contributed by atoms with Crippen LogP contribution in [-0.2, 0) is 0 Å². The van der Waals surface area contributed by atoms with Gasteiger partial charge >= 0.3 is 0 Å². The van der Waals surface area contributed by atoms with Crippen LogP contribution in [0.3, 0.4) is 0 Å². The molecule has 0 heterocycles. The molecule has 0 bridgehead atoms. The average Bonchev–Trinajstić information content (AvgIpc) is 1.65. The largest absolute Gasteiger partial charge is 0.315 e. The third-order valence-electron chi connectivity index (χ3n) is 1.26. The zero-order valence-corrected chi connectivity index (χ0v) is 4.94. The lowest BCUT2D eigenvalue weighted by atomic mass is 10.1. The Kier molecular flexibility index (Phi) is 2.96. The predicted octanol–water partition coefficient (Wildman–Crippen LogP) is 0.600. The van der Waals surface area contributed by atoms with Gasteiger partial charge in [-0.05, 0) is 5.92 Å². The van der Waals surface area contributed by atoms with Gasteiger partial charge in [-0.3, -0.25) is 0 Å². The van der Waals surface area contributed by atoms with Crippen LogP contribution < -0.4 is 11.5 Å². The van der Waals surface area contributed by atoms with Gasteiger partial charge in [0.2, 0.25) is 0 Å². The fourth-order valence-electron chi connectivity index (χ4n) is 0.254. The fourth-order valence-corrected chi connectivity index (χ4v) is 0.254. The number of nitrogens with one attached hydrogen (secondary N) is 1. The van der Waals surface area contributed by atoms with Crippen molar-refractivity contribution in [3.63, 3.8) is 0 Å². The first kappa shape index (κ1) is 6.92. The molecule has 0 spiro atoms. The van der Waals surface area contributed by atoms with Crippen LogP contribution in [0.1, 0.15) is 20.3 Å². The van der Waals surface area contributed by atoms with E-state index < -0.39 is 0 Å². The van der Waals surface area contributed by atoms with E-state index >= 15 is 0 Å². The molecule has 0 aromatic carbocycles. The number of hydrogen-bond acceptors (Lipinski definition) is 1. The lowest BCUT2D eigenvalue weighted by Crippen LogP contribution is -2.28. The van der Waals surface area contributed by atoms with Crippen LogP contribution in [0.4, 0.5) is 0 Å². The molecule has 0 aliphatic rings. The van der Waals surface area contributed by atoms with Gasteiger partial charge in [-0.15, -0.1) is 0 Å². The van der Waals surface area contributed by atoms with Crippen LogP contribution in [0.25, 0.3) is 0 Å². The summed E-state index contributed by atoms with van der Waals surface area (Å²) in [5, 5.41) is 0. The molecule has 3 N–H and O–H groups in total. The van der Waals surface area contributed by atoms with Crippen LogP contribution >= 0.6 is 0 Å². The molecule has 0 rings (SSSR count). The molecule has 0 saturated carbocycles. The van der Waals surface area contributed by atoms with Crippen molar-refractivity contribution in [2.75, 3.05) is 0 Å². The summed E-state index contributed by atoms with van der Waals surface area (Å²) in [6.07, 6.45) is 0.620. The molecule has 2 heteroatoms. The van der Waals surface area contributed by atoms with Gasteiger partial charge in [-0.1, -0.05) is 20.3 Å². The highest BCUT2D eigenvalue weighted by Gasteiger charge is 2.02. The summed E-state index contributed by atoms with van der Waals surface area (Å²) in [4.78, 5) is 0. The van der Waals surface area contributed by atoms with Crippen molar-refractivity contribution in [2.45, 2.75) is 26.4 Å². The molecule has 2 nitrogen and oxygen atoms in total. The van der Waals surface area contributed by atoms with Crippen molar-refractivity contribution >= 4 is 0 Å². The molecule has 7 heavy (non-hydrogen) atoms. The summed E-state index contributed by atoms with van der Waals surface area (Å²) in [6, 6.07) is 0. The standard InChI is InChI=1S/C5H13N2/c1-3-4(2)5(6)7/h4-6H,3,7H2,1-2H3. The van der Waals surface area contributed by atoms with Gasteiger partial charge < -0.3 is 5.73 Å². The van der Waals surface area contributed by atoms with Gasteiger partial charge in [-0.2, -0.15) is 0 Å². The van der Waals surface area contributed by atoms with Crippen LogP contribution in [0.5, 0.6) is 0 Å². The first-order valence-corrected chi connectivity index (χ1v) is 2.65. The summed E-state index contributed by atoms with van der Waals surface area (Å²) in [6.45, 7) is 4.02. The molecule has 0 saturated heterocycles. The van der Waals surface area contributed by atoms with Gasteiger partial charge in [0.25, 0.3) is 0 Å². The summed E-state index contributed by atoms with van der Waals surface area (Å²) >= 11 is 0. The summed E-state index contributed by atoms with van der Waals surface area (Å²) < 4.78 is 0. The first-order chi connectivity index (χ1) is 3.18. The Morgan fingerprint density at radius 1 is 1.71 bits per heavy atom. The van der Waals surface area contributed by atoms with E-state index in [9.17, 15) is 0 Å². The molecule has 43 valence electrons. The molecular weight excluding hydrogens is 88.1 g/mol. The minimum absolute atomic E-state index is 0.347. The third-order valence-corrected chi connectivity index (χ3v) is 1.26. The van der Waals surface area contributed by atoms with E-state index in [1.165, 1.54) is 0 Å². The van der Waals surface area contributed by atoms with Gasteiger partial charge in [0, 0.05) is 0 Å². The van der Waals surface area contributed by atoms with Gasteiger partial charge in [0.15, 0.2) is 0 Å². The van der Waals surface area contributed by atoms with Crippen molar-refractivity contribution in [3.8, 4) is 0 Å². The second kappa shape index (κ2) is 2.99. The monoisotopic (exact) mass is 101 g/mol. The molecular formula is C5H13N2. The van der Waals surface area contributed by atoms with Crippen molar-refractivity contribution in [1.82, 2.24) is 5.73 Å². The van der Waals surface area contributed by atoms with E-state index in [-0.39, 0.29) is 6.17 Å². The number of nitrogens with two attached hydrogens (primary N) is 1. The van der Waals surface area contributed by atoms with Crippen molar-refractivity contribution in [3.05, 3.63) is 0 Å². The average molecular weight is 101 g/mol. The lowest BCUT2D eigenvalue weighted by Gasteiger charge is -2.09. The first-order valence-electron chi connectivity index (χ1n) is 2.65. The Hall–Kier alpha value is -0.0800. The molecule has 0 aromatic rings. The van der Waals surface area contributed by atoms with E-state index in [0.29, 0.717) is 5.92 Å². The van der Waals surface area contributed by atoms with Crippen molar-refractivity contribution < 1.29 is 0 Å². The van der Waals surface area contributed by atoms with Crippen LogP contribution in [-0.4, -0.2) is 6.17 Å². The molecule has 0 amide bonds. The summed E-state index contributed by atoms with van der Waals surface area (Å²) in [7, 11) is 0. The maximum atomic E-state index is 6.96. The Balaban J connectivity index is 3.14. The Morgan fingerprint density at radius 2 is 2.14 bits per heavy atom. The summed E-state index contributed by atoms with van der Waals surface area (Å²) in [5.74, 6) is 0.347. The number of hydrogen-bond donors (Lipinski definition) is 1. The van der Waals surface area contributed by atoms with E-state index in [1.54, 1.807) is 0 Å². The maximum absolute atomic E-state index is 6.96. The molecule has 0 aliphatic heterocycles. The van der Waals surface area contributed by atoms with E-state index in [2.05, 4.69) is 0 Å². The maximum Gasteiger partial charge on any atom is 0.0705 e. The Labute approximate surface area is 44.9 Å². The third kappa shape index (κ3) is 2.60. The molecule has 2 unspecified atom stereocenters. The minimum Gasteiger partial charge on any atom is -0.315 e. The Morgan fingerprint density at radius 3 is 2.14 bits per heavy atom. The topological polar surface area (TPSA) is 49.8 Å². The van der Waals surface area contributed by atoms with Crippen LogP contribution in [0, 0.1) is 5.92 Å². The molecule has 0 aromatic heterocycles. The molecule has 1 radical (unpaired) electrons. The quantitative estimate of drug-likeness (QED) is 0.544. The van der Waals surface area contributed by atoms with Gasteiger partial charge in [0.05, 0.1) is 6.17 Å². The highest BCUT2D eigenvalue weighted by molar-refractivity contribution is 4.57. The van der Waals surface area contributed by atoms with Crippen molar-refractivity contribution in [1.29, 1.82) is 0 Å². The number of rotatable bonds is 2. The zero-order chi connectivity index (χ0) is 5.86. The van der Waals surface area contributed by atoms with Crippen LogP contribution in [0.2, 0.25) is 0 Å². The molecule has 0 fully saturated rings. The SMILES string of the molecule is CCC(C)C([NH])N. The lowest BCUT2D eigenvalue weighted by molar-refractivity contribution is 0.443. The van der Waals surface area contributed by atoms with Crippen LogP contribution in [0.15, 0.2) is 0 Å². The van der Waals surface area contributed by atoms with E-state index in [4.69, 9.17) is 11.5 Å². The fraction of sp³-hybridized carbons (Fsp3) is 1.00. The van der Waals surface area contributed by atoms with E-state index in [0.717, 1.165) is 6.42 Å². The predicted molar refractivity (Wildman–Crippen MR) is 30.5 cm³/mol. The van der Waals surface area contributed by atoms with Crippen molar-refractivity contribution in [2.24, 2.45) is 11.7 Å². The highest BCUT2D eigenvalue weighted by Crippen LogP contribution is 1.99. The smallest absolute Gasteiger partial charge is 0.0705 e. The van der Waals surface area contributed by atoms with E-state index in [1.807, 2.05) is 13.8 Å². The second-order valence-electron chi connectivity index (χ2n) is 1.91. The highest BCUT2D eigenvalue weighted by atomic mass is 14.9. The van der Waals surface area contributed by atoms with Gasteiger partial charge in [-0.25, -0.2) is 5.73 Å². The Bertz CT molecular complexity index is 43.3. The normalized spacial score (nSPS) is 15.0. The zero-order valence-electron chi connectivity index (χ0n) is 4.94. The van der Waals surface area contributed by atoms with Gasteiger partial charge in [0.1, 0.15) is 0 Å². The summed E-state index contributed by atoms with van der Waals surface area (Å²) in [5.41, 5.74) is 12.2. The second-order valence-corrected chi connectivity index (χ2v) is 1.91. The molecule has 0 aliphatic carbocycles. The minimum atomic E-state index is -0.384.